The monoisotopic (exact) mass is 239 g/mol. The van der Waals surface area contributed by atoms with Crippen LogP contribution in [0.25, 0.3) is 0 Å². The Hall–Kier alpha value is -1.40. The number of rotatable bonds is 7. The first kappa shape index (κ1) is 13.7. The average Bonchev–Trinajstić information content (AvgIpc) is 2.34. The van der Waals surface area contributed by atoms with Crippen LogP contribution < -0.4 is 16.6 Å². The fourth-order valence-electron chi connectivity index (χ4n) is 1.51. The summed E-state index contributed by atoms with van der Waals surface area (Å²) in [6.45, 7) is 5.32. The van der Waals surface area contributed by atoms with Crippen molar-refractivity contribution in [1.29, 1.82) is 0 Å². The van der Waals surface area contributed by atoms with Crippen molar-refractivity contribution in [3.63, 3.8) is 0 Å². The van der Waals surface area contributed by atoms with Gasteiger partial charge in [-0.15, -0.1) is 0 Å². The molecule has 1 rings (SSSR count). The minimum Gasteiger partial charge on any atom is -0.396 e. The first-order valence-corrected chi connectivity index (χ1v) is 5.71. The third-order valence-corrected chi connectivity index (χ3v) is 2.57. The average molecular weight is 239 g/mol. The van der Waals surface area contributed by atoms with Crippen molar-refractivity contribution < 1.29 is 5.11 Å². The van der Waals surface area contributed by atoms with E-state index in [0.29, 0.717) is 5.82 Å². The number of nitrogens with zero attached hydrogens (tertiary/aromatic N) is 2. The van der Waals surface area contributed by atoms with Gasteiger partial charge in [0.25, 0.3) is 0 Å². The SMILES string of the molecule is CC(C)(CCCO)CNc1cc(NN)ncn1. The minimum atomic E-state index is 0.115. The maximum Gasteiger partial charge on any atom is 0.145 e. The summed E-state index contributed by atoms with van der Waals surface area (Å²) in [6.07, 6.45) is 3.23. The Kier molecular flexibility index (Phi) is 5.11. The lowest BCUT2D eigenvalue weighted by molar-refractivity contribution is 0.248. The zero-order valence-electron chi connectivity index (χ0n) is 10.4. The Labute approximate surface area is 102 Å². The van der Waals surface area contributed by atoms with Crippen LogP contribution in [0.1, 0.15) is 26.7 Å². The van der Waals surface area contributed by atoms with Crippen LogP contribution in [0.4, 0.5) is 11.6 Å². The first-order valence-electron chi connectivity index (χ1n) is 5.71. The van der Waals surface area contributed by atoms with Gasteiger partial charge in [0.2, 0.25) is 0 Å². The zero-order chi connectivity index (χ0) is 12.7. The minimum absolute atomic E-state index is 0.115. The summed E-state index contributed by atoms with van der Waals surface area (Å²) >= 11 is 0. The van der Waals surface area contributed by atoms with E-state index in [0.717, 1.165) is 25.2 Å². The highest BCUT2D eigenvalue weighted by Crippen LogP contribution is 2.22. The third kappa shape index (κ3) is 4.97. The Morgan fingerprint density at radius 3 is 2.71 bits per heavy atom. The number of hydrogen-bond donors (Lipinski definition) is 4. The van der Waals surface area contributed by atoms with Gasteiger partial charge in [-0.25, -0.2) is 15.8 Å². The summed E-state index contributed by atoms with van der Waals surface area (Å²) in [5.74, 6) is 6.59. The molecule has 0 radical (unpaired) electrons. The first-order chi connectivity index (χ1) is 8.07. The van der Waals surface area contributed by atoms with E-state index in [2.05, 4.69) is 34.6 Å². The summed E-state index contributed by atoms with van der Waals surface area (Å²) in [7, 11) is 0. The number of aliphatic hydroxyl groups is 1. The highest BCUT2D eigenvalue weighted by molar-refractivity contribution is 5.45. The predicted octanol–water partition coefficient (Wildman–Crippen LogP) is 0.973. The van der Waals surface area contributed by atoms with Crippen molar-refractivity contribution in [1.82, 2.24) is 9.97 Å². The van der Waals surface area contributed by atoms with Crippen molar-refractivity contribution in [2.24, 2.45) is 11.3 Å². The van der Waals surface area contributed by atoms with E-state index in [9.17, 15) is 0 Å². The molecule has 6 heteroatoms. The van der Waals surface area contributed by atoms with Crippen molar-refractivity contribution >= 4 is 11.6 Å². The maximum absolute atomic E-state index is 8.82. The van der Waals surface area contributed by atoms with Gasteiger partial charge in [-0.1, -0.05) is 13.8 Å². The smallest absolute Gasteiger partial charge is 0.145 e. The van der Waals surface area contributed by atoms with Crippen molar-refractivity contribution in [3.8, 4) is 0 Å². The topological polar surface area (TPSA) is 96.1 Å². The fraction of sp³-hybridized carbons (Fsp3) is 0.636. The van der Waals surface area contributed by atoms with Crippen molar-refractivity contribution in [3.05, 3.63) is 12.4 Å². The van der Waals surface area contributed by atoms with E-state index in [1.54, 1.807) is 6.07 Å². The van der Waals surface area contributed by atoms with Gasteiger partial charge in [-0.2, -0.15) is 0 Å². The molecular formula is C11H21N5O. The van der Waals surface area contributed by atoms with Crippen LogP contribution >= 0.6 is 0 Å². The molecule has 0 spiro atoms. The van der Waals surface area contributed by atoms with Crippen LogP contribution in [0.2, 0.25) is 0 Å². The van der Waals surface area contributed by atoms with Gasteiger partial charge in [0.15, 0.2) is 0 Å². The number of anilines is 2. The molecule has 0 saturated heterocycles. The van der Waals surface area contributed by atoms with E-state index in [1.165, 1.54) is 6.33 Å². The lowest BCUT2D eigenvalue weighted by Gasteiger charge is -2.24. The van der Waals surface area contributed by atoms with E-state index in [1.807, 2.05) is 0 Å². The fourth-order valence-corrected chi connectivity index (χ4v) is 1.51. The van der Waals surface area contributed by atoms with Crippen molar-refractivity contribution in [2.75, 3.05) is 23.9 Å². The van der Waals surface area contributed by atoms with Gasteiger partial charge >= 0.3 is 0 Å². The molecule has 0 aliphatic heterocycles. The van der Waals surface area contributed by atoms with Crippen LogP contribution in [-0.2, 0) is 0 Å². The third-order valence-electron chi connectivity index (χ3n) is 2.57. The molecule has 0 atom stereocenters. The number of nitrogen functional groups attached to an aromatic ring is 1. The molecule has 96 valence electrons. The predicted molar refractivity (Wildman–Crippen MR) is 68.4 cm³/mol. The Bertz CT molecular complexity index is 342. The molecule has 0 saturated carbocycles. The van der Waals surface area contributed by atoms with Gasteiger partial charge in [0.05, 0.1) is 0 Å². The van der Waals surface area contributed by atoms with Crippen LogP contribution in [0.15, 0.2) is 12.4 Å². The Morgan fingerprint density at radius 1 is 1.35 bits per heavy atom. The van der Waals surface area contributed by atoms with Crippen LogP contribution in [0.3, 0.4) is 0 Å². The summed E-state index contributed by atoms with van der Waals surface area (Å²) < 4.78 is 0. The zero-order valence-corrected chi connectivity index (χ0v) is 10.4. The number of hydrogen-bond acceptors (Lipinski definition) is 6. The van der Waals surface area contributed by atoms with Crippen LogP contribution in [0, 0.1) is 5.41 Å². The van der Waals surface area contributed by atoms with Crippen molar-refractivity contribution in [2.45, 2.75) is 26.7 Å². The molecule has 1 heterocycles. The molecule has 0 amide bonds. The molecule has 0 unspecified atom stereocenters. The van der Waals surface area contributed by atoms with Gasteiger partial charge < -0.3 is 15.8 Å². The van der Waals surface area contributed by atoms with E-state index >= 15 is 0 Å². The number of aromatic nitrogens is 2. The summed E-state index contributed by atoms with van der Waals surface area (Å²) in [4.78, 5) is 8.04. The summed E-state index contributed by atoms with van der Waals surface area (Å²) in [5.41, 5.74) is 2.59. The van der Waals surface area contributed by atoms with E-state index in [-0.39, 0.29) is 12.0 Å². The number of hydrazine groups is 1. The normalized spacial score (nSPS) is 11.3. The maximum atomic E-state index is 8.82. The Balaban J connectivity index is 2.48. The molecule has 0 aliphatic rings. The van der Waals surface area contributed by atoms with E-state index < -0.39 is 0 Å². The molecule has 0 fully saturated rings. The largest absolute Gasteiger partial charge is 0.396 e. The molecule has 1 aromatic heterocycles. The molecule has 0 bridgehead atoms. The second kappa shape index (κ2) is 6.36. The van der Waals surface area contributed by atoms with Crippen LogP contribution in [0.5, 0.6) is 0 Å². The molecule has 5 N–H and O–H groups in total. The highest BCUT2D eigenvalue weighted by Gasteiger charge is 2.17. The number of aliphatic hydroxyl groups excluding tert-OH is 1. The lowest BCUT2D eigenvalue weighted by Crippen LogP contribution is -2.24. The van der Waals surface area contributed by atoms with Gasteiger partial charge in [-0.05, 0) is 18.3 Å². The number of nitrogens with two attached hydrogens (primary N) is 1. The van der Waals surface area contributed by atoms with E-state index in [4.69, 9.17) is 10.9 Å². The quantitative estimate of drug-likeness (QED) is 0.418. The van der Waals surface area contributed by atoms with Crippen LogP contribution in [-0.4, -0.2) is 28.2 Å². The summed E-state index contributed by atoms with van der Waals surface area (Å²) in [5, 5.41) is 12.1. The highest BCUT2D eigenvalue weighted by atomic mass is 16.2. The Morgan fingerprint density at radius 2 is 2.06 bits per heavy atom. The number of nitrogens with one attached hydrogen (secondary N) is 2. The second-order valence-corrected chi connectivity index (χ2v) is 4.78. The summed E-state index contributed by atoms with van der Waals surface area (Å²) in [6, 6.07) is 1.75. The molecule has 1 aromatic rings. The molecule has 0 aliphatic carbocycles. The van der Waals surface area contributed by atoms with Gasteiger partial charge in [0.1, 0.15) is 18.0 Å². The van der Waals surface area contributed by atoms with Gasteiger partial charge in [-0.3, -0.25) is 0 Å². The van der Waals surface area contributed by atoms with Gasteiger partial charge in [0, 0.05) is 19.2 Å². The molecule has 0 aromatic carbocycles. The molecular weight excluding hydrogens is 218 g/mol. The standard InChI is InChI=1S/C11H21N5O/c1-11(2,4-3-5-17)7-13-9-6-10(16-12)15-8-14-9/h6,8,17H,3-5,7,12H2,1-2H3,(H2,13,14,15,16). The molecule has 17 heavy (non-hydrogen) atoms. The lowest BCUT2D eigenvalue weighted by atomic mass is 9.88. The molecule has 6 nitrogen and oxygen atoms in total. The second-order valence-electron chi connectivity index (χ2n) is 4.78.